The first kappa shape index (κ1) is 11.1. The molecule has 16 heavy (non-hydrogen) atoms. The summed E-state index contributed by atoms with van der Waals surface area (Å²) < 4.78 is 6.38. The van der Waals surface area contributed by atoms with Gasteiger partial charge in [-0.05, 0) is 28.4 Å². The summed E-state index contributed by atoms with van der Waals surface area (Å²) in [6.45, 7) is 2.34. The van der Waals surface area contributed by atoms with E-state index in [4.69, 9.17) is 4.74 Å². The van der Waals surface area contributed by atoms with Crippen molar-refractivity contribution in [1.82, 2.24) is 9.97 Å². The highest BCUT2D eigenvalue weighted by molar-refractivity contribution is 9.10. The topological polar surface area (TPSA) is 35.0 Å². The van der Waals surface area contributed by atoms with Crippen LogP contribution in [0.4, 0.5) is 0 Å². The third kappa shape index (κ3) is 2.79. The number of aromatic nitrogens is 2. The van der Waals surface area contributed by atoms with E-state index in [0.29, 0.717) is 18.3 Å². The molecule has 0 saturated heterocycles. The Bertz CT molecular complexity index is 474. The molecular weight excluding hydrogens is 268 g/mol. The smallest absolute Gasteiger partial charge is 0.231 e. The molecule has 0 saturated carbocycles. The van der Waals surface area contributed by atoms with Gasteiger partial charge >= 0.3 is 0 Å². The second-order valence-corrected chi connectivity index (χ2v) is 4.20. The Morgan fingerprint density at radius 3 is 2.75 bits per heavy atom. The number of hydrogen-bond acceptors (Lipinski definition) is 3. The number of halogens is 1. The van der Waals surface area contributed by atoms with Crippen LogP contribution in [-0.2, 0) is 6.61 Å². The van der Waals surface area contributed by atoms with Crippen molar-refractivity contribution in [2.45, 2.75) is 13.5 Å². The highest BCUT2D eigenvalue weighted by atomic mass is 79.9. The number of hydrogen-bond donors (Lipinski definition) is 0. The minimum atomic E-state index is 0.510. The third-order valence-electron chi connectivity index (χ3n) is 2.05. The zero-order chi connectivity index (χ0) is 11.4. The Labute approximate surface area is 103 Å². The molecule has 82 valence electrons. The average Bonchev–Trinajstić information content (AvgIpc) is 2.32. The lowest BCUT2D eigenvalue weighted by molar-refractivity contribution is 0.290. The fourth-order valence-corrected chi connectivity index (χ4v) is 1.57. The van der Waals surface area contributed by atoms with Crippen LogP contribution < -0.4 is 4.74 Å². The molecule has 0 fully saturated rings. The number of rotatable bonds is 3. The zero-order valence-electron chi connectivity index (χ0n) is 8.85. The van der Waals surface area contributed by atoms with Crippen molar-refractivity contribution in [3.63, 3.8) is 0 Å². The number of benzene rings is 1. The van der Waals surface area contributed by atoms with Crippen LogP contribution in [0.1, 0.15) is 11.4 Å². The summed E-state index contributed by atoms with van der Waals surface area (Å²) in [6.07, 6.45) is 1.70. The first-order chi connectivity index (χ1) is 7.75. The van der Waals surface area contributed by atoms with Gasteiger partial charge in [0, 0.05) is 6.20 Å². The third-order valence-corrected chi connectivity index (χ3v) is 2.59. The van der Waals surface area contributed by atoms with Crippen molar-refractivity contribution in [1.29, 1.82) is 0 Å². The molecule has 2 rings (SSSR count). The Balaban J connectivity index is 2.08. The maximum absolute atomic E-state index is 5.61. The van der Waals surface area contributed by atoms with E-state index >= 15 is 0 Å². The molecule has 1 aromatic carbocycles. The van der Waals surface area contributed by atoms with E-state index in [1.54, 1.807) is 6.20 Å². The molecule has 1 aromatic heterocycles. The van der Waals surface area contributed by atoms with Crippen LogP contribution >= 0.6 is 15.9 Å². The molecule has 0 bridgehead atoms. The van der Waals surface area contributed by atoms with E-state index in [9.17, 15) is 0 Å². The molecule has 1 heterocycles. The normalized spacial score (nSPS) is 10.1. The molecule has 0 aliphatic heterocycles. The lowest BCUT2D eigenvalue weighted by Gasteiger charge is -2.07. The molecule has 0 aliphatic rings. The van der Waals surface area contributed by atoms with Gasteiger partial charge in [0.05, 0.1) is 4.47 Å². The Morgan fingerprint density at radius 1 is 1.25 bits per heavy atom. The molecule has 0 radical (unpaired) electrons. The maximum Gasteiger partial charge on any atom is 0.231 e. The van der Waals surface area contributed by atoms with Gasteiger partial charge in [-0.15, -0.1) is 0 Å². The second-order valence-electron chi connectivity index (χ2n) is 3.34. The monoisotopic (exact) mass is 278 g/mol. The van der Waals surface area contributed by atoms with Crippen LogP contribution in [0.15, 0.2) is 41.0 Å². The van der Waals surface area contributed by atoms with Crippen LogP contribution in [0.2, 0.25) is 0 Å². The van der Waals surface area contributed by atoms with Crippen molar-refractivity contribution < 1.29 is 4.74 Å². The largest absolute Gasteiger partial charge is 0.472 e. The summed E-state index contributed by atoms with van der Waals surface area (Å²) in [5.74, 6) is 1.28. The zero-order valence-corrected chi connectivity index (χ0v) is 10.4. The van der Waals surface area contributed by atoms with Gasteiger partial charge in [0.25, 0.3) is 0 Å². The SMILES string of the molecule is Cc1ncc(Br)c(OCc2ccccc2)n1. The Hall–Kier alpha value is -1.42. The van der Waals surface area contributed by atoms with E-state index in [1.165, 1.54) is 0 Å². The highest BCUT2D eigenvalue weighted by Gasteiger charge is 2.04. The number of aryl methyl sites for hydroxylation is 1. The molecule has 3 nitrogen and oxygen atoms in total. The van der Waals surface area contributed by atoms with Crippen LogP contribution in [0.5, 0.6) is 5.88 Å². The van der Waals surface area contributed by atoms with Crippen LogP contribution in [0, 0.1) is 6.92 Å². The summed E-state index contributed by atoms with van der Waals surface area (Å²) in [5.41, 5.74) is 1.12. The molecule has 0 aliphatic carbocycles. The maximum atomic E-state index is 5.61. The lowest BCUT2D eigenvalue weighted by atomic mass is 10.2. The van der Waals surface area contributed by atoms with Crippen molar-refractivity contribution in [3.8, 4) is 5.88 Å². The van der Waals surface area contributed by atoms with Crippen LogP contribution in [-0.4, -0.2) is 9.97 Å². The summed E-state index contributed by atoms with van der Waals surface area (Å²) in [4.78, 5) is 8.26. The van der Waals surface area contributed by atoms with Crippen LogP contribution in [0.25, 0.3) is 0 Å². The van der Waals surface area contributed by atoms with Crippen molar-refractivity contribution >= 4 is 15.9 Å². The first-order valence-corrected chi connectivity index (χ1v) is 5.71. The summed E-state index contributed by atoms with van der Waals surface area (Å²) in [6, 6.07) is 9.98. The average molecular weight is 279 g/mol. The van der Waals surface area contributed by atoms with E-state index in [0.717, 1.165) is 10.0 Å². The Morgan fingerprint density at radius 2 is 2.00 bits per heavy atom. The Kier molecular flexibility index (Phi) is 3.51. The highest BCUT2D eigenvalue weighted by Crippen LogP contribution is 2.21. The van der Waals surface area contributed by atoms with Gasteiger partial charge in [-0.25, -0.2) is 4.98 Å². The van der Waals surface area contributed by atoms with Gasteiger partial charge < -0.3 is 4.74 Å². The molecule has 0 unspecified atom stereocenters. The van der Waals surface area contributed by atoms with Gasteiger partial charge in [-0.2, -0.15) is 4.98 Å². The molecule has 0 amide bonds. The standard InChI is InChI=1S/C12H11BrN2O/c1-9-14-7-11(13)12(15-9)16-8-10-5-3-2-4-6-10/h2-7H,8H2,1H3. The molecule has 4 heteroatoms. The van der Waals surface area contributed by atoms with E-state index in [-0.39, 0.29) is 0 Å². The summed E-state index contributed by atoms with van der Waals surface area (Å²) in [7, 11) is 0. The number of nitrogens with zero attached hydrogens (tertiary/aromatic N) is 2. The minimum absolute atomic E-state index is 0.510. The van der Waals surface area contributed by atoms with Gasteiger partial charge in [0.2, 0.25) is 5.88 Å². The summed E-state index contributed by atoms with van der Waals surface area (Å²) in [5, 5.41) is 0. The minimum Gasteiger partial charge on any atom is -0.472 e. The second kappa shape index (κ2) is 5.07. The van der Waals surface area contributed by atoms with E-state index in [1.807, 2.05) is 37.3 Å². The van der Waals surface area contributed by atoms with Gasteiger partial charge in [-0.3, -0.25) is 0 Å². The lowest BCUT2D eigenvalue weighted by Crippen LogP contribution is -1.99. The first-order valence-electron chi connectivity index (χ1n) is 4.91. The van der Waals surface area contributed by atoms with Crippen molar-refractivity contribution in [3.05, 3.63) is 52.4 Å². The molecule has 0 spiro atoms. The summed E-state index contributed by atoms with van der Waals surface area (Å²) >= 11 is 3.35. The fourth-order valence-electron chi connectivity index (χ4n) is 1.26. The van der Waals surface area contributed by atoms with Crippen molar-refractivity contribution in [2.75, 3.05) is 0 Å². The molecule has 2 aromatic rings. The molecule has 0 atom stereocenters. The van der Waals surface area contributed by atoms with Crippen molar-refractivity contribution in [2.24, 2.45) is 0 Å². The fraction of sp³-hybridized carbons (Fsp3) is 0.167. The van der Waals surface area contributed by atoms with Gasteiger partial charge in [0.1, 0.15) is 12.4 Å². The van der Waals surface area contributed by atoms with Gasteiger partial charge in [0.15, 0.2) is 0 Å². The number of ether oxygens (including phenoxy) is 1. The van der Waals surface area contributed by atoms with Gasteiger partial charge in [-0.1, -0.05) is 30.3 Å². The predicted octanol–water partition coefficient (Wildman–Crippen LogP) is 3.13. The molecule has 0 N–H and O–H groups in total. The molecular formula is C12H11BrN2O. The van der Waals surface area contributed by atoms with E-state index < -0.39 is 0 Å². The quantitative estimate of drug-likeness (QED) is 0.865. The van der Waals surface area contributed by atoms with Crippen LogP contribution in [0.3, 0.4) is 0 Å². The predicted molar refractivity (Wildman–Crippen MR) is 65.2 cm³/mol. The van der Waals surface area contributed by atoms with E-state index in [2.05, 4.69) is 25.9 Å².